The van der Waals surface area contributed by atoms with Gasteiger partial charge in [-0.15, -0.1) is 12.4 Å². The van der Waals surface area contributed by atoms with Gasteiger partial charge in [0.25, 0.3) is 0 Å². The van der Waals surface area contributed by atoms with Crippen molar-refractivity contribution in [2.24, 2.45) is 5.92 Å². The van der Waals surface area contributed by atoms with Crippen molar-refractivity contribution in [1.29, 1.82) is 0 Å². The van der Waals surface area contributed by atoms with Gasteiger partial charge in [-0.3, -0.25) is 9.59 Å². The number of ether oxygens (including phenoxy) is 1. The number of rotatable bonds is 7. The van der Waals surface area contributed by atoms with Crippen molar-refractivity contribution < 1.29 is 14.3 Å². The normalized spacial score (nSPS) is 18.0. The highest BCUT2D eigenvalue weighted by molar-refractivity contribution is 7.99. The van der Waals surface area contributed by atoms with Crippen LogP contribution in [0.2, 0.25) is 0 Å². The fraction of sp³-hybridized carbons (Fsp3) is 0.857. The molecule has 0 aliphatic carbocycles. The number of hydrogen-bond donors (Lipinski definition) is 1. The van der Waals surface area contributed by atoms with Gasteiger partial charge < -0.3 is 15.0 Å². The van der Waals surface area contributed by atoms with Crippen molar-refractivity contribution in [3.05, 3.63) is 0 Å². The molecule has 1 unspecified atom stereocenters. The van der Waals surface area contributed by atoms with Crippen LogP contribution in [-0.2, 0) is 14.3 Å². The summed E-state index contributed by atoms with van der Waals surface area (Å²) in [6, 6.07) is 0.220. The van der Waals surface area contributed by atoms with Gasteiger partial charge in [-0.05, 0) is 12.8 Å². The van der Waals surface area contributed by atoms with Crippen LogP contribution >= 0.6 is 24.2 Å². The van der Waals surface area contributed by atoms with E-state index in [0.29, 0.717) is 25.5 Å². The summed E-state index contributed by atoms with van der Waals surface area (Å²) >= 11 is 1.87. The Morgan fingerprint density at radius 1 is 1.43 bits per heavy atom. The van der Waals surface area contributed by atoms with Crippen molar-refractivity contribution >= 4 is 36.0 Å². The number of nitrogens with zero attached hydrogens (tertiary/aromatic N) is 1. The molecule has 21 heavy (non-hydrogen) atoms. The summed E-state index contributed by atoms with van der Waals surface area (Å²) in [6.07, 6.45) is 0.457. The third-order valence-electron chi connectivity index (χ3n) is 2.98. The number of amides is 1. The molecular weight excluding hydrogens is 312 g/mol. The van der Waals surface area contributed by atoms with E-state index in [1.54, 1.807) is 11.8 Å². The summed E-state index contributed by atoms with van der Waals surface area (Å²) in [7, 11) is 0. The Morgan fingerprint density at radius 2 is 2.14 bits per heavy atom. The van der Waals surface area contributed by atoms with Gasteiger partial charge >= 0.3 is 5.97 Å². The molecule has 1 aliphatic heterocycles. The number of carbonyl (C=O) groups is 2. The Labute approximate surface area is 138 Å². The third kappa shape index (κ3) is 8.53. The molecule has 1 amide bonds. The second-order valence-electron chi connectivity index (χ2n) is 5.40. The van der Waals surface area contributed by atoms with E-state index in [1.807, 2.05) is 25.6 Å². The minimum atomic E-state index is -0.326. The average molecular weight is 339 g/mol. The van der Waals surface area contributed by atoms with Gasteiger partial charge in [-0.1, -0.05) is 13.8 Å². The molecule has 0 aromatic carbocycles. The molecule has 1 rings (SSSR count). The zero-order chi connectivity index (χ0) is 15.0. The number of esters is 1. The van der Waals surface area contributed by atoms with Crippen LogP contribution in [-0.4, -0.2) is 60.6 Å². The third-order valence-corrected chi connectivity index (χ3v) is 4.11. The lowest BCUT2D eigenvalue weighted by Crippen LogP contribution is -2.45. The maximum atomic E-state index is 12.4. The molecule has 1 atom stereocenters. The average Bonchev–Trinajstić information content (AvgIpc) is 2.39. The predicted molar refractivity (Wildman–Crippen MR) is 89.0 cm³/mol. The van der Waals surface area contributed by atoms with Crippen LogP contribution in [0.15, 0.2) is 0 Å². The Morgan fingerprint density at radius 3 is 2.67 bits per heavy atom. The van der Waals surface area contributed by atoms with E-state index in [9.17, 15) is 9.59 Å². The standard InChI is InChI=1S/C14H26N2O3S.ClH/c1-4-19-14(18)9-16(8-11(2)3)13(17)7-12-10-20-6-5-15-12;/h11-12,15H,4-10H2,1-3H3;1H. The molecule has 1 aliphatic rings. The van der Waals surface area contributed by atoms with E-state index >= 15 is 0 Å². The van der Waals surface area contributed by atoms with Crippen LogP contribution in [0.25, 0.3) is 0 Å². The highest BCUT2D eigenvalue weighted by Gasteiger charge is 2.23. The maximum Gasteiger partial charge on any atom is 0.325 e. The molecule has 0 radical (unpaired) electrons. The molecule has 7 heteroatoms. The lowest BCUT2D eigenvalue weighted by molar-refractivity contribution is -0.149. The van der Waals surface area contributed by atoms with E-state index in [-0.39, 0.29) is 36.9 Å². The predicted octanol–water partition coefficient (Wildman–Crippen LogP) is 1.55. The number of halogens is 1. The van der Waals surface area contributed by atoms with Gasteiger partial charge in [0.1, 0.15) is 6.54 Å². The first kappa shape index (κ1) is 20.5. The lowest BCUT2D eigenvalue weighted by Gasteiger charge is -2.28. The van der Waals surface area contributed by atoms with Crippen molar-refractivity contribution in [2.45, 2.75) is 33.2 Å². The quantitative estimate of drug-likeness (QED) is 0.714. The fourth-order valence-corrected chi connectivity index (χ4v) is 3.10. The smallest absolute Gasteiger partial charge is 0.325 e. The number of carbonyl (C=O) groups excluding carboxylic acids is 2. The van der Waals surface area contributed by atoms with E-state index in [0.717, 1.165) is 18.1 Å². The van der Waals surface area contributed by atoms with Crippen LogP contribution in [0.3, 0.4) is 0 Å². The van der Waals surface area contributed by atoms with E-state index in [2.05, 4.69) is 5.32 Å². The summed E-state index contributed by atoms with van der Waals surface area (Å²) in [5, 5.41) is 3.35. The summed E-state index contributed by atoms with van der Waals surface area (Å²) in [5.41, 5.74) is 0. The van der Waals surface area contributed by atoms with E-state index in [4.69, 9.17) is 4.74 Å². The SMILES string of the molecule is CCOC(=O)CN(CC(C)C)C(=O)CC1CSCCN1.Cl. The van der Waals surface area contributed by atoms with E-state index < -0.39 is 0 Å². The Balaban J connectivity index is 0.00000400. The summed E-state index contributed by atoms with van der Waals surface area (Å²) in [6.45, 7) is 7.81. The topological polar surface area (TPSA) is 58.6 Å². The first-order valence-electron chi connectivity index (χ1n) is 7.27. The van der Waals surface area contributed by atoms with Crippen molar-refractivity contribution in [3.8, 4) is 0 Å². The fourth-order valence-electron chi connectivity index (χ4n) is 2.15. The Bertz CT molecular complexity index is 323. The Kier molecular flexibility index (Phi) is 10.9. The van der Waals surface area contributed by atoms with E-state index in [1.165, 1.54) is 0 Å². The number of hydrogen-bond acceptors (Lipinski definition) is 5. The van der Waals surface area contributed by atoms with Crippen LogP contribution < -0.4 is 5.32 Å². The van der Waals surface area contributed by atoms with Crippen LogP contribution in [0, 0.1) is 5.92 Å². The molecule has 124 valence electrons. The molecule has 0 aromatic heterocycles. The van der Waals surface area contributed by atoms with Gasteiger partial charge in [-0.25, -0.2) is 0 Å². The minimum absolute atomic E-state index is 0. The summed E-state index contributed by atoms with van der Waals surface area (Å²) < 4.78 is 4.94. The first-order chi connectivity index (χ1) is 9.52. The zero-order valence-electron chi connectivity index (χ0n) is 13.1. The monoisotopic (exact) mass is 338 g/mol. The largest absolute Gasteiger partial charge is 0.465 e. The van der Waals surface area contributed by atoms with Gasteiger partial charge in [0, 0.05) is 37.1 Å². The summed E-state index contributed by atoms with van der Waals surface area (Å²) in [4.78, 5) is 25.6. The molecule has 1 fully saturated rings. The summed E-state index contributed by atoms with van der Waals surface area (Å²) in [5.74, 6) is 2.10. The first-order valence-corrected chi connectivity index (χ1v) is 8.43. The highest BCUT2D eigenvalue weighted by atomic mass is 35.5. The van der Waals surface area contributed by atoms with Crippen molar-refractivity contribution in [3.63, 3.8) is 0 Å². The maximum absolute atomic E-state index is 12.4. The second kappa shape index (κ2) is 11.2. The Hall–Kier alpha value is -0.460. The number of thioether (sulfide) groups is 1. The molecule has 5 nitrogen and oxygen atoms in total. The van der Waals surface area contributed by atoms with Gasteiger partial charge in [0.2, 0.25) is 5.91 Å². The zero-order valence-corrected chi connectivity index (χ0v) is 14.7. The number of nitrogens with one attached hydrogen (secondary N) is 1. The van der Waals surface area contributed by atoms with Crippen LogP contribution in [0.1, 0.15) is 27.2 Å². The molecule has 1 saturated heterocycles. The molecule has 0 spiro atoms. The molecule has 0 aromatic rings. The highest BCUT2D eigenvalue weighted by Crippen LogP contribution is 2.12. The molecular formula is C14H27ClN2O3S. The van der Waals surface area contributed by atoms with Crippen molar-refractivity contribution in [1.82, 2.24) is 10.2 Å². The minimum Gasteiger partial charge on any atom is -0.465 e. The molecule has 1 heterocycles. The van der Waals surface area contributed by atoms with Gasteiger partial charge in [0.05, 0.1) is 6.61 Å². The lowest BCUT2D eigenvalue weighted by atomic mass is 10.1. The molecule has 0 bridgehead atoms. The van der Waals surface area contributed by atoms with Gasteiger partial charge in [-0.2, -0.15) is 11.8 Å². The molecule has 0 saturated carbocycles. The van der Waals surface area contributed by atoms with Crippen LogP contribution in [0.4, 0.5) is 0 Å². The molecule has 1 N–H and O–H groups in total. The second-order valence-corrected chi connectivity index (χ2v) is 6.55. The van der Waals surface area contributed by atoms with Gasteiger partial charge in [0.15, 0.2) is 0 Å². The van der Waals surface area contributed by atoms with Crippen LogP contribution in [0.5, 0.6) is 0 Å². The van der Waals surface area contributed by atoms with Crippen molar-refractivity contribution in [2.75, 3.05) is 37.7 Å².